The number of likely N-dealkylation sites (tertiary alicyclic amines) is 2. The minimum Gasteiger partial charge on any atom is -0.465 e. The summed E-state index contributed by atoms with van der Waals surface area (Å²) in [5.41, 5.74) is 10.5. The number of pyridine rings is 2. The number of piperidine rings is 3. The second kappa shape index (κ2) is 50.9. The van der Waals surface area contributed by atoms with Crippen LogP contribution in [0.15, 0.2) is 211 Å². The average molecular weight is 1770 g/mol. The van der Waals surface area contributed by atoms with Crippen LogP contribution in [0.2, 0.25) is 20.1 Å². The van der Waals surface area contributed by atoms with Gasteiger partial charge in [-0.25, -0.2) is 28.8 Å². The molecule has 4 N–H and O–H groups in total. The van der Waals surface area contributed by atoms with E-state index in [9.17, 15) is 28.8 Å². The number of hydrogen-bond donors (Lipinski definition) is 4. The van der Waals surface area contributed by atoms with Crippen LogP contribution in [-0.4, -0.2) is 198 Å². The summed E-state index contributed by atoms with van der Waals surface area (Å²) in [6.07, 6.45) is 14.2. The van der Waals surface area contributed by atoms with Gasteiger partial charge in [-0.15, -0.1) is 0 Å². The lowest BCUT2D eigenvalue weighted by molar-refractivity contribution is 0.0283. The van der Waals surface area contributed by atoms with Crippen molar-refractivity contribution in [3.05, 3.63) is 287 Å². The van der Waals surface area contributed by atoms with Gasteiger partial charge in [0.1, 0.15) is 5.60 Å². The smallest absolute Gasteiger partial charge is 0.465 e. The zero-order chi connectivity index (χ0) is 86.4. The third kappa shape index (κ3) is 31.2. The van der Waals surface area contributed by atoms with Crippen LogP contribution in [0, 0.1) is 0 Å². The lowest BCUT2D eigenvalue weighted by Gasteiger charge is -2.34. The van der Waals surface area contributed by atoms with Crippen molar-refractivity contribution in [1.29, 1.82) is 0 Å². The molecule has 0 spiro atoms. The van der Waals surface area contributed by atoms with Gasteiger partial charge in [-0.05, 0) is 300 Å². The van der Waals surface area contributed by atoms with E-state index in [-0.39, 0.29) is 41.9 Å². The summed E-state index contributed by atoms with van der Waals surface area (Å²) in [6.45, 7) is 14.9. The molecule has 9 aromatic rings. The summed E-state index contributed by atoms with van der Waals surface area (Å²) in [5, 5.41) is 26.0. The quantitative estimate of drug-likeness (QED) is 0.0279. The van der Waals surface area contributed by atoms with Gasteiger partial charge in [0.2, 0.25) is 0 Å². The molecule has 0 saturated carbocycles. The number of aromatic nitrogens is 2. The number of ether oxygens (including phenoxy) is 6. The van der Waals surface area contributed by atoms with Gasteiger partial charge in [0, 0.05) is 55.3 Å². The number of carbonyl (C=O) groups is 6. The van der Waals surface area contributed by atoms with Gasteiger partial charge < -0.3 is 63.8 Å². The lowest BCUT2D eigenvalue weighted by atomic mass is 9.81. The summed E-state index contributed by atoms with van der Waals surface area (Å²) in [5.74, 6) is 0.278. The number of nitrogens with zero attached hydrogens (tertiary/aromatic N) is 5. The number of methoxy groups -OCH3 is 5. The van der Waals surface area contributed by atoms with Crippen LogP contribution in [0.25, 0.3) is 11.1 Å². The first-order chi connectivity index (χ1) is 57.2. The molecule has 21 nitrogen and oxygen atoms in total. The van der Waals surface area contributed by atoms with E-state index in [4.69, 9.17) is 80.1 Å². The Labute approximate surface area is 729 Å². The molecule has 2 unspecified atom stereocenters. The SMILES string of the molecule is CNCC(CCN1CCC(c2ccccc2C(=O)OC)CC1)c1ccc(Cl)c(Cl)c1.COC(=O)c1ccccc1-c1ccncc1.COC(=O)c1ccccc1Br.COC(=O)c1ccccc1C1CCN(CCC(CN(C)C(=O)OC(C)(C)C)c2ccc(Cl)c(Cl)c2)CC1.COC(=O)c1ccccc1C1CCNCC1.OB(O)c1ccncc1. The van der Waals surface area contributed by atoms with E-state index < -0.39 is 12.7 Å². The topological polar surface area (TPSA) is 258 Å². The molecule has 634 valence electrons. The molecule has 2 atom stereocenters. The highest BCUT2D eigenvalue weighted by atomic mass is 79.9. The maximum Gasteiger partial charge on any atom is 0.488 e. The largest absolute Gasteiger partial charge is 0.488 e. The standard InChI is InChI=1S/C29H38Cl2N2O4.C24H30Cl2N2O2.C13H17NO2.C13H11NO2.C8H7BrO2.C5H6BNO2/c1-29(2,3)37-28(35)32(4)19-22(21-10-11-25(30)26(31)18-21)14-17-33-15-12-20(13-16-33)23-8-6-7-9-24(23)27(34)36-5;1-27-16-19(18-7-8-22(25)23(26)15-18)11-14-28-12-9-17(10-13-28)20-5-3-4-6-21(20)24(29)30-2;2*1-16-13(15)12-5-3-2-4-11(12)10-6-8-14-9-7-10;1-11-8(10)6-4-2-3-5-7(6)9;8-6(9)5-1-3-7-4-2-5/h6-11,18,20,22H,12-17,19H2,1-5H3;3-8,15,17,19,27H,9-14,16H2,1-2H3;2-5,10,14H,6-9H2,1H3;2-9H,1H3;2-5H,1H3;1-4,8-9H. The van der Waals surface area contributed by atoms with Crippen molar-refractivity contribution in [1.82, 2.24) is 35.3 Å². The predicted octanol–water partition coefficient (Wildman–Crippen LogP) is 17.8. The van der Waals surface area contributed by atoms with Crippen LogP contribution < -0.4 is 16.1 Å². The Balaban J connectivity index is 0.000000211. The number of amides is 1. The fourth-order valence-corrected chi connectivity index (χ4v) is 15.4. The number of likely N-dealkylation sites (N-methyl/N-ethyl adjacent to an activating group) is 2. The normalized spacial score (nSPS) is 14.2. The fourth-order valence-electron chi connectivity index (χ4n) is 14.3. The van der Waals surface area contributed by atoms with Crippen molar-refractivity contribution < 1.29 is 67.2 Å². The van der Waals surface area contributed by atoms with Crippen LogP contribution in [0.3, 0.4) is 0 Å². The van der Waals surface area contributed by atoms with Crippen LogP contribution >= 0.6 is 62.3 Å². The molecule has 119 heavy (non-hydrogen) atoms. The highest BCUT2D eigenvalue weighted by Crippen LogP contribution is 2.37. The van der Waals surface area contributed by atoms with Gasteiger partial charge in [0.25, 0.3) is 0 Å². The molecule has 0 radical (unpaired) electrons. The second-order valence-corrected chi connectivity index (χ2v) is 32.1. The Morgan fingerprint density at radius 1 is 0.504 bits per heavy atom. The number of carbonyl (C=O) groups excluding carboxylic acids is 6. The van der Waals surface area contributed by atoms with Crippen LogP contribution in [0.1, 0.15) is 181 Å². The van der Waals surface area contributed by atoms with Gasteiger partial charge in [-0.2, -0.15) is 0 Å². The third-order valence-electron chi connectivity index (χ3n) is 20.6. The molecule has 7 aromatic carbocycles. The Bertz CT molecular complexity index is 4670. The molecule has 3 fully saturated rings. The van der Waals surface area contributed by atoms with Crippen molar-refractivity contribution in [2.75, 3.05) is 115 Å². The molecule has 5 heterocycles. The monoisotopic (exact) mass is 1770 g/mol. The molecule has 12 rings (SSSR count). The molecule has 3 aliphatic heterocycles. The summed E-state index contributed by atoms with van der Waals surface area (Å²) >= 11 is 28.0. The van der Waals surface area contributed by atoms with E-state index in [1.807, 2.05) is 161 Å². The highest BCUT2D eigenvalue weighted by Gasteiger charge is 2.30. The third-order valence-corrected chi connectivity index (χ3v) is 22.8. The van der Waals surface area contributed by atoms with Crippen molar-refractivity contribution in [2.24, 2.45) is 0 Å². The molecule has 3 aliphatic rings. The number of benzene rings is 7. The molecule has 1 amide bonds. The lowest BCUT2D eigenvalue weighted by Crippen LogP contribution is -2.38. The summed E-state index contributed by atoms with van der Waals surface area (Å²) in [4.78, 5) is 85.4. The number of nitrogens with one attached hydrogen (secondary N) is 2. The van der Waals surface area contributed by atoms with Crippen LogP contribution in [-0.2, 0) is 28.4 Å². The number of hydrogen-bond acceptors (Lipinski definition) is 20. The predicted molar refractivity (Wildman–Crippen MR) is 476 cm³/mol. The maximum atomic E-state index is 12.6. The Morgan fingerprint density at radius 3 is 1.28 bits per heavy atom. The molecular formula is C92H109BBrCl4N7O14. The molecular weight excluding hydrogens is 1660 g/mol. The van der Waals surface area contributed by atoms with E-state index in [0.717, 1.165) is 154 Å². The van der Waals surface area contributed by atoms with Gasteiger partial charge in [-0.1, -0.05) is 143 Å². The van der Waals surface area contributed by atoms with E-state index in [1.54, 1.807) is 60.7 Å². The van der Waals surface area contributed by atoms with Gasteiger partial charge in [-0.3, -0.25) is 9.97 Å². The zero-order valence-corrected chi connectivity index (χ0v) is 73.9. The van der Waals surface area contributed by atoms with Crippen molar-refractivity contribution in [2.45, 2.75) is 107 Å². The summed E-state index contributed by atoms with van der Waals surface area (Å²) in [6, 6.07) is 56.3. The first-order valence-electron chi connectivity index (χ1n) is 39.5. The average Bonchev–Trinajstić information content (AvgIpc) is 0.823. The minimum absolute atomic E-state index is 0.0741. The van der Waals surface area contributed by atoms with Gasteiger partial charge >= 0.3 is 43.1 Å². The first kappa shape index (κ1) is 97.1. The van der Waals surface area contributed by atoms with Crippen molar-refractivity contribution in [3.8, 4) is 11.1 Å². The van der Waals surface area contributed by atoms with Crippen molar-refractivity contribution >= 4 is 111 Å². The van der Waals surface area contributed by atoms with Crippen LogP contribution in [0.5, 0.6) is 0 Å². The minimum atomic E-state index is -1.38. The molecule has 27 heteroatoms. The number of halogens is 5. The number of rotatable bonds is 22. The van der Waals surface area contributed by atoms with Gasteiger partial charge in [0.05, 0.1) is 83.5 Å². The van der Waals surface area contributed by atoms with Crippen molar-refractivity contribution in [3.63, 3.8) is 0 Å². The van der Waals surface area contributed by atoms with Gasteiger partial charge in [0.15, 0.2) is 0 Å². The number of esters is 5. The fraction of sp³-hybridized carbons (Fsp3) is 0.370. The Hall–Kier alpha value is -9.08. The summed E-state index contributed by atoms with van der Waals surface area (Å²) < 4.78 is 30.4. The molecule has 0 bridgehead atoms. The maximum absolute atomic E-state index is 12.6. The van der Waals surface area contributed by atoms with E-state index in [0.29, 0.717) is 78.0 Å². The van der Waals surface area contributed by atoms with E-state index >= 15 is 0 Å². The van der Waals surface area contributed by atoms with Crippen LogP contribution in [0.4, 0.5) is 4.79 Å². The molecule has 2 aromatic heterocycles. The second-order valence-electron chi connectivity index (χ2n) is 29.6. The van der Waals surface area contributed by atoms with E-state index in [1.165, 1.54) is 53.5 Å². The highest BCUT2D eigenvalue weighted by molar-refractivity contribution is 9.10. The first-order valence-corrected chi connectivity index (χ1v) is 41.9. The zero-order valence-electron chi connectivity index (χ0n) is 69.2. The molecule has 0 aliphatic carbocycles. The Morgan fingerprint density at radius 2 is 0.874 bits per heavy atom. The Kier molecular flexibility index (Phi) is 41.5. The molecule has 3 saturated heterocycles. The van der Waals surface area contributed by atoms with E-state index in [2.05, 4.69) is 63.2 Å². The summed E-state index contributed by atoms with van der Waals surface area (Å²) in [7, 11) is 9.41.